The summed E-state index contributed by atoms with van der Waals surface area (Å²) < 4.78 is 40.1. The Hall–Kier alpha value is -4.59. The summed E-state index contributed by atoms with van der Waals surface area (Å²) in [4.78, 5) is 24.4. The van der Waals surface area contributed by atoms with Crippen molar-refractivity contribution in [3.05, 3.63) is 78.1 Å². The van der Waals surface area contributed by atoms with Gasteiger partial charge in [0.05, 0.1) is 34.7 Å². The molecule has 6 heterocycles. The quantitative estimate of drug-likeness (QED) is 0.223. The van der Waals surface area contributed by atoms with Crippen LogP contribution in [0.1, 0.15) is 30.4 Å². The number of imidazole rings is 1. The Kier molecular flexibility index (Phi) is 7.36. The van der Waals surface area contributed by atoms with Gasteiger partial charge in [-0.15, -0.1) is 0 Å². The van der Waals surface area contributed by atoms with E-state index >= 15 is 0 Å². The summed E-state index contributed by atoms with van der Waals surface area (Å²) in [7, 11) is -3.44. The fraction of sp³-hybridized carbons (Fsp3) is 0.258. The van der Waals surface area contributed by atoms with Crippen LogP contribution in [0.25, 0.3) is 56.0 Å². The van der Waals surface area contributed by atoms with Gasteiger partial charge in [-0.25, -0.2) is 27.5 Å². The van der Waals surface area contributed by atoms with Crippen molar-refractivity contribution in [1.29, 1.82) is 0 Å². The van der Waals surface area contributed by atoms with Crippen LogP contribution in [0.4, 0.5) is 4.39 Å². The molecule has 224 valence electrons. The molecule has 7 rings (SSSR count). The molecule has 0 saturated carbocycles. The van der Waals surface area contributed by atoms with Crippen molar-refractivity contribution in [2.45, 2.75) is 32.4 Å². The lowest BCUT2D eigenvalue weighted by Gasteiger charge is -2.26. The molecule has 0 radical (unpaired) electrons. The maximum atomic E-state index is 14.6. The van der Waals surface area contributed by atoms with Crippen molar-refractivity contribution in [1.82, 2.24) is 44.7 Å². The normalized spacial score (nSPS) is 14.5. The number of nitrogens with one attached hydrogen (secondary N) is 3. The maximum Gasteiger partial charge on any atom is 0.209 e. The topological polar surface area (TPSA) is 145 Å². The summed E-state index contributed by atoms with van der Waals surface area (Å²) in [6.45, 7) is 3.06. The summed E-state index contributed by atoms with van der Waals surface area (Å²) in [5.74, 6) is -0.0115. The molecule has 11 nitrogen and oxygen atoms in total. The molecule has 5 aromatic heterocycles. The van der Waals surface area contributed by atoms with Crippen molar-refractivity contribution >= 4 is 32.1 Å². The molecule has 0 spiro atoms. The molecule has 0 unspecified atom stereocenters. The predicted octanol–water partition coefficient (Wildman–Crippen LogP) is 4.80. The Balaban J connectivity index is 1.23. The van der Waals surface area contributed by atoms with Crippen molar-refractivity contribution in [2.24, 2.45) is 0 Å². The Morgan fingerprint density at radius 2 is 1.70 bits per heavy atom. The molecule has 0 bridgehead atoms. The number of likely N-dealkylation sites (tertiary alicyclic amines) is 1. The zero-order valence-electron chi connectivity index (χ0n) is 24.0. The van der Waals surface area contributed by atoms with Crippen molar-refractivity contribution in [3.8, 4) is 33.9 Å². The highest BCUT2D eigenvalue weighted by Crippen LogP contribution is 2.32. The van der Waals surface area contributed by atoms with Crippen LogP contribution < -0.4 is 4.72 Å². The molecule has 6 aromatic rings. The lowest BCUT2D eigenvalue weighted by molar-refractivity contribution is 0.220. The highest BCUT2D eigenvalue weighted by molar-refractivity contribution is 7.88. The molecule has 1 aromatic carbocycles. The van der Waals surface area contributed by atoms with Gasteiger partial charge in [0.15, 0.2) is 11.5 Å². The molecule has 1 aliphatic heterocycles. The number of rotatable bonds is 8. The van der Waals surface area contributed by atoms with Crippen LogP contribution >= 0.6 is 0 Å². The number of aromatic amines is 2. The van der Waals surface area contributed by atoms with Crippen LogP contribution in [-0.4, -0.2) is 67.8 Å². The average molecular weight is 612 g/mol. The Labute approximate surface area is 253 Å². The summed E-state index contributed by atoms with van der Waals surface area (Å²) in [5, 5.41) is 7.57. The fourth-order valence-electron chi connectivity index (χ4n) is 5.69. The first-order chi connectivity index (χ1) is 21.3. The van der Waals surface area contributed by atoms with E-state index in [0.717, 1.165) is 48.2 Å². The van der Waals surface area contributed by atoms with E-state index in [2.05, 4.69) is 40.8 Å². The van der Waals surface area contributed by atoms with Gasteiger partial charge in [-0.1, -0.05) is 6.42 Å². The lowest BCUT2D eigenvalue weighted by Crippen LogP contribution is -2.29. The zero-order chi connectivity index (χ0) is 30.3. The third kappa shape index (κ3) is 5.94. The first kappa shape index (κ1) is 28.2. The number of hydrogen-bond acceptors (Lipinski definition) is 8. The highest BCUT2D eigenvalue weighted by atomic mass is 32.2. The average Bonchev–Trinajstić information content (AvgIpc) is 3.64. The summed E-state index contributed by atoms with van der Waals surface area (Å²) >= 11 is 0. The van der Waals surface area contributed by atoms with Crippen LogP contribution in [0.3, 0.4) is 0 Å². The van der Waals surface area contributed by atoms with E-state index in [9.17, 15) is 12.8 Å². The molecular formula is C31H30FN9O2S. The monoisotopic (exact) mass is 611 g/mol. The number of hydrogen-bond donors (Lipinski definition) is 3. The van der Waals surface area contributed by atoms with E-state index in [1.54, 1.807) is 18.5 Å². The van der Waals surface area contributed by atoms with Gasteiger partial charge >= 0.3 is 0 Å². The van der Waals surface area contributed by atoms with Gasteiger partial charge in [-0.3, -0.25) is 20.0 Å². The smallest absolute Gasteiger partial charge is 0.209 e. The number of sulfonamides is 1. The highest BCUT2D eigenvalue weighted by Gasteiger charge is 2.18. The number of fused-ring (bicyclic) bond motifs is 2. The van der Waals surface area contributed by atoms with Crippen molar-refractivity contribution < 1.29 is 12.8 Å². The van der Waals surface area contributed by atoms with E-state index in [-0.39, 0.29) is 6.54 Å². The summed E-state index contributed by atoms with van der Waals surface area (Å²) in [6.07, 6.45) is 11.8. The number of pyridine rings is 3. The van der Waals surface area contributed by atoms with Gasteiger partial charge < -0.3 is 4.98 Å². The van der Waals surface area contributed by atoms with Crippen molar-refractivity contribution in [3.63, 3.8) is 0 Å². The minimum absolute atomic E-state index is 0.0389. The standard InChI is InChI=1S/C31H30FN9O2S/c1-44(42,43)35-14-19-9-21(12-23(32)11-19)24-16-34-17-27-28(24)38-31(37-27)30-29-26(39-40-30)6-5-25(36-29)22-10-20(13-33-15-22)18-41-7-3-2-4-8-41/h5-6,9-13,15-17,35H,2-4,7-8,14,18H2,1H3,(H,37,38)(H,39,40). The zero-order valence-corrected chi connectivity index (χ0v) is 24.8. The first-order valence-corrected chi connectivity index (χ1v) is 16.3. The molecule has 1 saturated heterocycles. The van der Waals surface area contributed by atoms with Gasteiger partial charge in [-0.05, 0) is 79.0 Å². The van der Waals surface area contributed by atoms with Gasteiger partial charge in [-0.2, -0.15) is 5.10 Å². The number of H-pyrrole nitrogens is 2. The Bertz CT molecular complexity index is 2100. The minimum Gasteiger partial charge on any atom is -0.335 e. The van der Waals surface area contributed by atoms with E-state index < -0.39 is 15.8 Å². The molecule has 1 fully saturated rings. The van der Waals surface area contributed by atoms with Gasteiger partial charge in [0.1, 0.15) is 11.3 Å². The molecule has 44 heavy (non-hydrogen) atoms. The van der Waals surface area contributed by atoms with Gasteiger partial charge in [0.25, 0.3) is 0 Å². The number of nitrogens with zero attached hydrogens (tertiary/aromatic N) is 6. The molecule has 13 heteroatoms. The molecular weight excluding hydrogens is 581 g/mol. The number of aromatic nitrogens is 7. The first-order valence-electron chi connectivity index (χ1n) is 14.4. The third-order valence-corrected chi connectivity index (χ3v) is 8.45. The fourth-order valence-corrected chi connectivity index (χ4v) is 6.12. The molecule has 1 aliphatic rings. The van der Waals surface area contributed by atoms with E-state index in [4.69, 9.17) is 9.97 Å². The lowest BCUT2D eigenvalue weighted by atomic mass is 10.0. The Morgan fingerprint density at radius 1 is 0.886 bits per heavy atom. The predicted molar refractivity (Wildman–Crippen MR) is 166 cm³/mol. The third-order valence-electron chi connectivity index (χ3n) is 7.78. The number of halogens is 1. The number of piperidine rings is 1. The van der Waals surface area contributed by atoms with E-state index in [1.165, 1.54) is 31.4 Å². The van der Waals surface area contributed by atoms with Crippen LogP contribution in [0.2, 0.25) is 0 Å². The largest absolute Gasteiger partial charge is 0.335 e. The SMILES string of the molecule is CS(=O)(=O)NCc1cc(F)cc(-c2cncc3[nH]c(-c4n[nH]c5ccc(-c6cncc(CN7CCCCC7)c6)nc45)nc23)c1. The van der Waals surface area contributed by atoms with Crippen molar-refractivity contribution in [2.75, 3.05) is 19.3 Å². The number of benzene rings is 1. The second-order valence-corrected chi connectivity index (χ2v) is 13.0. The Morgan fingerprint density at radius 3 is 2.55 bits per heavy atom. The summed E-state index contributed by atoms with van der Waals surface area (Å²) in [5.41, 5.74) is 7.61. The van der Waals surface area contributed by atoms with Crippen LogP contribution in [0.15, 0.2) is 61.2 Å². The minimum atomic E-state index is -3.44. The van der Waals surface area contributed by atoms with Gasteiger partial charge in [0.2, 0.25) is 10.0 Å². The second kappa shape index (κ2) is 11.5. The molecule has 3 N–H and O–H groups in total. The molecule has 0 amide bonds. The van der Waals surface area contributed by atoms with Crippen LogP contribution in [0, 0.1) is 5.82 Å². The summed E-state index contributed by atoms with van der Waals surface area (Å²) in [6, 6.07) is 10.4. The van der Waals surface area contributed by atoms with Crippen LogP contribution in [0.5, 0.6) is 0 Å². The van der Waals surface area contributed by atoms with Crippen LogP contribution in [-0.2, 0) is 23.1 Å². The van der Waals surface area contributed by atoms with E-state index in [1.807, 2.05) is 24.5 Å². The molecule has 0 aliphatic carbocycles. The maximum absolute atomic E-state index is 14.6. The second-order valence-electron chi connectivity index (χ2n) is 11.2. The van der Waals surface area contributed by atoms with E-state index in [0.29, 0.717) is 44.8 Å². The van der Waals surface area contributed by atoms with Gasteiger partial charge in [0, 0.05) is 42.8 Å². The molecule has 0 atom stereocenters.